The third kappa shape index (κ3) is 3.99. The van der Waals surface area contributed by atoms with Crippen LogP contribution in [0.4, 0.5) is 0 Å². The van der Waals surface area contributed by atoms with Gasteiger partial charge in [0.25, 0.3) is 0 Å². The Kier molecular flexibility index (Phi) is 5.89. The third-order valence-electron chi connectivity index (χ3n) is 11.0. The molecule has 0 aliphatic heterocycles. The van der Waals surface area contributed by atoms with Crippen molar-refractivity contribution in [2.75, 3.05) is 0 Å². The molecule has 0 saturated carbocycles. The molecule has 4 heterocycles. The minimum atomic E-state index is 0.908. The van der Waals surface area contributed by atoms with Crippen molar-refractivity contribution in [1.82, 2.24) is 9.13 Å². The van der Waals surface area contributed by atoms with Gasteiger partial charge in [0, 0.05) is 59.3 Å². The number of hydrogen-bond donors (Lipinski definition) is 0. The highest BCUT2D eigenvalue weighted by Gasteiger charge is 2.24. The Morgan fingerprint density at radius 1 is 0.528 bits per heavy atom. The maximum atomic E-state index is 7.16. The van der Waals surface area contributed by atoms with E-state index in [9.17, 15) is 0 Å². The van der Waals surface area contributed by atoms with Gasteiger partial charge in [0.2, 0.25) is 0 Å². The Labute approximate surface area is 307 Å². The summed E-state index contributed by atoms with van der Waals surface area (Å²) in [6, 6.07) is 52.7. The van der Waals surface area contributed by atoms with Crippen LogP contribution in [0.2, 0.25) is 0 Å². The van der Waals surface area contributed by atoms with Crippen LogP contribution in [-0.4, -0.2) is 9.13 Å². The van der Waals surface area contributed by atoms with Gasteiger partial charge in [-0.25, -0.2) is 0 Å². The zero-order valence-electron chi connectivity index (χ0n) is 28.4. The average molecular weight is 693 g/mol. The van der Waals surface area contributed by atoms with Crippen LogP contribution in [0.1, 0.15) is 11.3 Å². The molecule has 11 aromatic rings. The first kappa shape index (κ1) is 28.8. The summed E-state index contributed by atoms with van der Waals surface area (Å²) in [5.41, 5.74) is 15.5. The van der Waals surface area contributed by atoms with E-state index in [0.717, 1.165) is 71.9 Å². The summed E-state index contributed by atoms with van der Waals surface area (Å²) in [6.07, 6.45) is 8.31. The number of fused-ring (bicyclic) bond motifs is 14. The Balaban J connectivity index is 1.12. The molecule has 0 saturated heterocycles. The average Bonchev–Trinajstić information content (AvgIpc) is 3.91. The number of hydrogen-bond acceptors (Lipinski definition) is 2. The first-order valence-corrected chi connectivity index (χ1v) is 18.7. The van der Waals surface area contributed by atoms with Gasteiger partial charge in [-0.05, 0) is 77.9 Å². The van der Waals surface area contributed by atoms with Crippen LogP contribution < -0.4 is 0 Å². The zero-order chi connectivity index (χ0) is 34.6. The molecule has 4 heteroatoms. The van der Waals surface area contributed by atoms with Crippen molar-refractivity contribution in [2.45, 2.75) is 0 Å². The van der Waals surface area contributed by atoms with Crippen molar-refractivity contribution in [3.63, 3.8) is 0 Å². The van der Waals surface area contributed by atoms with Gasteiger partial charge < -0.3 is 13.6 Å². The molecule has 3 nitrogen and oxygen atoms in total. The molecule has 0 unspecified atom stereocenters. The van der Waals surface area contributed by atoms with Gasteiger partial charge >= 0.3 is 0 Å². The maximum absolute atomic E-state index is 7.16. The van der Waals surface area contributed by atoms with Gasteiger partial charge in [-0.1, -0.05) is 97.1 Å². The number of para-hydroxylation sites is 2. The summed E-state index contributed by atoms with van der Waals surface area (Å²) in [5, 5.41) is 8.28. The fraction of sp³-hybridized carbons (Fsp3) is 0. The Morgan fingerprint density at radius 3 is 2.13 bits per heavy atom. The second-order valence-electron chi connectivity index (χ2n) is 13.8. The minimum absolute atomic E-state index is 0.908. The second-order valence-corrected chi connectivity index (χ2v) is 14.8. The van der Waals surface area contributed by atoms with E-state index in [1.54, 1.807) is 0 Å². The number of aromatic nitrogens is 2. The van der Waals surface area contributed by atoms with Crippen LogP contribution in [0.25, 0.3) is 109 Å². The number of rotatable bonds is 3. The molecule has 12 rings (SSSR count). The standard InChI is InChI=1S/C49H28N2OS/c1-3-14-31(15-4-1)50-40-22-6-2-5-18-38(40)45-42(50)27-25-35-36-26-28-43-46(48(36)52-47(35)45)39-19-7-9-23-41(39)51(43)32-16-11-13-30(29-32)33-20-12-21-37-34-17-8-10-24-44(34)53-49(33)37/h1-5,7-29H. The Bertz CT molecular complexity index is 3430. The largest absolute Gasteiger partial charge is 0.455 e. The lowest BCUT2D eigenvalue weighted by molar-refractivity contribution is 0.676. The number of thiophene rings is 1. The van der Waals surface area contributed by atoms with Crippen molar-refractivity contribution in [3.05, 3.63) is 175 Å². The van der Waals surface area contributed by atoms with Gasteiger partial charge in [-0.3, -0.25) is 0 Å². The Hall–Kier alpha value is -6.84. The fourth-order valence-electron chi connectivity index (χ4n) is 8.72. The SMILES string of the molecule is C1=CC=Cc2c(n(-c3ccccc3)c3ccc4c5ccc6c(c7ccccc7n6-c6cccc(-c7cccc8c7sc7ccccc78)c6)c5oc4c23)C=1. The van der Waals surface area contributed by atoms with E-state index in [-0.39, 0.29) is 0 Å². The molecule has 0 fully saturated rings. The molecule has 4 aromatic heterocycles. The number of nitrogens with zero attached hydrogens (tertiary/aromatic N) is 2. The highest BCUT2D eigenvalue weighted by molar-refractivity contribution is 7.26. The normalized spacial score (nSPS) is 12.8. The van der Waals surface area contributed by atoms with E-state index >= 15 is 0 Å². The van der Waals surface area contributed by atoms with E-state index < -0.39 is 0 Å². The van der Waals surface area contributed by atoms with Gasteiger partial charge in [0.1, 0.15) is 11.2 Å². The van der Waals surface area contributed by atoms with Crippen molar-refractivity contribution in [1.29, 1.82) is 0 Å². The highest BCUT2D eigenvalue weighted by atomic mass is 32.1. The van der Waals surface area contributed by atoms with E-state index in [1.165, 1.54) is 36.7 Å². The molecule has 0 radical (unpaired) electrons. The lowest BCUT2D eigenvalue weighted by atomic mass is 10.0. The number of furan rings is 1. The molecule has 0 N–H and O–H groups in total. The topological polar surface area (TPSA) is 23.0 Å². The van der Waals surface area contributed by atoms with Crippen LogP contribution in [0.3, 0.4) is 0 Å². The Morgan fingerprint density at radius 2 is 1.25 bits per heavy atom. The van der Waals surface area contributed by atoms with Crippen LogP contribution >= 0.6 is 11.3 Å². The van der Waals surface area contributed by atoms with E-state index in [0.29, 0.717) is 0 Å². The van der Waals surface area contributed by atoms with E-state index in [2.05, 4.69) is 179 Å². The fourth-order valence-corrected chi connectivity index (χ4v) is 9.96. The van der Waals surface area contributed by atoms with E-state index in [1.807, 2.05) is 17.4 Å². The molecular formula is C49H28N2OS. The van der Waals surface area contributed by atoms with Crippen molar-refractivity contribution in [2.24, 2.45) is 0 Å². The van der Waals surface area contributed by atoms with Gasteiger partial charge in [-0.15, -0.1) is 17.1 Å². The summed E-state index contributed by atoms with van der Waals surface area (Å²) >= 11 is 1.87. The summed E-state index contributed by atoms with van der Waals surface area (Å²) in [6.45, 7) is 0. The molecule has 0 bridgehead atoms. The maximum Gasteiger partial charge on any atom is 0.145 e. The van der Waals surface area contributed by atoms with Gasteiger partial charge in [0.05, 0.1) is 33.0 Å². The summed E-state index contributed by atoms with van der Waals surface area (Å²) in [4.78, 5) is 0. The number of allylic oxidation sites excluding steroid dienone is 2. The first-order chi connectivity index (χ1) is 26.3. The summed E-state index contributed by atoms with van der Waals surface area (Å²) < 4.78 is 14.5. The molecule has 1 aliphatic carbocycles. The zero-order valence-corrected chi connectivity index (χ0v) is 29.2. The van der Waals surface area contributed by atoms with Crippen molar-refractivity contribution < 1.29 is 4.42 Å². The first-order valence-electron chi connectivity index (χ1n) is 17.9. The molecule has 246 valence electrons. The van der Waals surface area contributed by atoms with Crippen LogP contribution in [0.5, 0.6) is 0 Å². The van der Waals surface area contributed by atoms with Crippen LogP contribution in [-0.2, 0) is 0 Å². The highest BCUT2D eigenvalue weighted by Crippen LogP contribution is 2.45. The lowest BCUT2D eigenvalue weighted by Crippen LogP contribution is -1.96. The molecule has 7 aromatic carbocycles. The van der Waals surface area contributed by atoms with Gasteiger partial charge in [0.15, 0.2) is 0 Å². The third-order valence-corrected chi connectivity index (χ3v) is 12.2. The molecule has 0 spiro atoms. The quantitative estimate of drug-likeness (QED) is 0.169. The molecular weight excluding hydrogens is 665 g/mol. The lowest BCUT2D eigenvalue weighted by Gasteiger charge is -2.11. The molecule has 0 atom stereocenters. The van der Waals surface area contributed by atoms with Crippen molar-refractivity contribution in [3.8, 4) is 22.5 Å². The predicted molar refractivity (Wildman–Crippen MR) is 225 cm³/mol. The smallest absolute Gasteiger partial charge is 0.145 e. The predicted octanol–water partition coefficient (Wildman–Crippen LogP) is 13.9. The van der Waals surface area contributed by atoms with Crippen molar-refractivity contribution >= 4 is 98.3 Å². The van der Waals surface area contributed by atoms with Crippen LogP contribution in [0.15, 0.2) is 168 Å². The van der Waals surface area contributed by atoms with E-state index in [4.69, 9.17) is 4.42 Å². The monoisotopic (exact) mass is 692 g/mol. The van der Waals surface area contributed by atoms with Gasteiger partial charge in [-0.2, -0.15) is 0 Å². The van der Waals surface area contributed by atoms with Crippen LogP contribution in [0, 0.1) is 0 Å². The second kappa shape index (κ2) is 10.8. The minimum Gasteiger partial charge on any atom is -0.455 e. The molecule has 1 aliphatic rings. The summed E-state index contributed by atoms with van der Waals surface area (Å²) in [7, 11) is 0. The number of benzene rings is 7. The molecule has 53 heavy (non-hydrogen) atoms. The molecule has 0 amide bonds. The summed E-state index contributed by atoms with van der Waals surface area (Å²) in [5.74, 6) is 0.